The molecule has 0 bridgehead atoms. The first kappa shape index (κ1) is 14.7. The van der Waals surface area contributed by atoms with E-state index in [9.17, 15) is 4.79 Å². The highest BCUT2D eigenvalue weighted by molar-refractivity contribution is 7.29. The molecule has 114 valence electrons. The second-order valence-corrected chi connectivity index (χ2v) is 7.56. The van der Waals surface area contributed by atoms with E-state index in [1.807, 2.05) is 37.0 Å². The zero-order chi connectivity index (χ0) is 15.0. The molecule has 1 fully saturated rings. The van der Waals surface area contributed by atoms with Crippen molar-refractivity contribution in [2.75, 3.05) is 39.1 Å². The van der Waals surface area contributed by atoms with Gasteiger partial charge in [-0.25, -0.2) is 4.98 Å². The van der Waals surface area contributed by atoms with Crippen molar-refractivity contribution in [1.82, 2.24) is 15.2 Å². The van der Waals surface area contributed by atoms with E-state index in [0.717, 1.165) is 45.5 Å². The van der Waals surface area contributed by atoms with Crippen LogP contribution in [0.5, 0.6) is 0 Å². The van der Waals surface area contributed by atoms with Crippen LogP contribution in [0.3, 0.4) is 0 Å². The number of thiazole rings is 1. The number of anilines is 1. The lowest BCUT2D eigenvalue weighted by Crippen LogP contribution is -2.40. The molecule has 1 N–H and O–H groups in total. The van der Waals surface area contributed by atoms with Crippen molar-refractivity contribution >= 4 is 43.2 Å². The van der Waals surface area contributed by atoms with Crippen LogP contribution in [0.2, 0.25) is 0 Å². The fourth-order valence-electron chi connectivity index (χ4n) is 2.71. The van der Waals surface area contributed by atoms with Crippen LogP contribution in [0, 0.1) is 0 Å². The van der Waals surface area contributed by atoms with E-state index in [4.69, 9.17) is 0 Å². The summed E-state index contributed by atoms with van der Waals surface area (Å²) in [5.41, 5.74) is 0. The number of likely N-dealkylation sites (tertiary alicyclic amines) is 1. The molecule has 3 rings (SSSR count). The van der Waals surface area contributed by atoms with Crippen molar-refractivity contribution in [2.45, 2.75) is 18.9 Å². The van der Waals surface area contributed by atoms with Crippen LogP contribution in [0.15, 0.2) is 6.07 Å². The summed E-state index contributed by atoms with van der Waals surface area (Å²) in [4.78, 5) is 23.1. The highest BCUT2D eigenvalue weighted by Gasteiger charge is 2.30. The molecule has 21 heavy (non-hydrogen) atoms. The number of nitrogens with one attached hydrogen (secondary N) is 1. The summed E-state index contributed by atoms with van der Waals surface area (Å²) in [6.45, 7) is 1.74. The molecule has 0 spiro atoms. The predicted molar refractivity (Wildman–Crippen MR) is 89.8 cm³/mol. The Morgan fingerprint density at radius 1 is 1.52 bits per heavy atom. The Bertz CT molecular complexity index is 617. The predicted octanol–water partition coefficient (Wildman–Crippen LogP) is 2.25. The summed E-state index contributed by atoms with van der Waals surface area (Å²) < 4.78 is 1.11. The van der Waals surface area contributed by atoms with Crippen molar-refractivity contribution in [3.63, 3.8) is 0 Å². The summed E-state index contributed by atoms with van der Waals surface area (Å²) in [6, 6.07) is 2.33. The molecule has 0 aliphatic carbocycles. The van der Waals surface area contributed by atoms with Gasteiger partial charge in [0.05, 0.1) is 9.58 Å². The maximum absolute atomic E-state index is 12.7. The van der Waals surface area contributed by atoms with E-state index >= 15 is 0 Å². The topological polar surface area (TPSA) is 48.5 Å². The summed E-state index contributed by atoms with van der Waals surface area (Å²) >= 11 is 3.15. The minimum absolute atomic E-state index is 0.161. The van der Waals surface area contributed by atoms with Crippen LogP contribution in [-0.2, 0) is 0 Å². The van der Waals surface area contributed by atoms with Gasteiger partial charge in [-0.2, -0.15) is 0 Å². The van der Waals surface area contributed by atoms with Crippen LogP contribution in [-0.4, -0.2) is 56.1 Å². The van der Waals surface area contributed by atoms with Crippen molar-refractivity contribution in [3.8, 4) is 0 Å². The second-order valence-electron chi connectivity index (χ2n) is 5.52. The number of fused-ring (bicyclic) bond motifs is 1. The van der Waals surface area contributed by atoms with E-state index in [-0.39, 0.29) is 5.91 Å². The number of carbonyl (C=O) groups excluding carboxylic acids is 1. The summed E-state index contributed by atoms with van der Waals surface area (Å²) in [5.74, 6) is 0.161. The average Bonchev–Trinajstić information content (AvgIpc) is 3.11. The molecule has 1 atom stereocenters. The SMILES string of the molecule is CNCC1CCCN1C(=O)c1cc2sc(N(C)C)nc2s1. The van der Waals surface area contributed by atoms with Crippen LogP contribution in [0.4, 0.5) is 5.13 Å². The molecule has 2 aromatic rings. The average molecular weight is 324 g/mol. The van der Waals surface area contributed by atoms with Gasteiger partial charge in [-0.05, 0) is 26.0 Å². The monoisotopic (exact) mass is 324 g/mol. The molecule has 1 amide bonds. The van der Waals surface area contributed by atoms with Crippen LogP contribution in [0.25, 0.3) is 9.53 Å². The molecule has 5 nitrogen and oxygen atoms in total. The van der Waals surface area contributed by atoms with E-state index in [1.54, 1.807) is 11.3 Å². The molecule has 1 unspecified atom stereocenters. The molecule has 0 aromatic carbocycles. The van der Waals surface area contributed by atoms with Crippen LogP contribution in [0.1, 0.15) is 22.5 Å². The number of hydrogen-bond acceptors (Lipinski definition) is 6. The highest BCUT2D eigenvalue weighted by atomic mass is 32.1. The fraction of sp³-hybridized carbons (Fsp3) is 0.571. The number of carbonyl (C=O) groups is 1. The standard InChI is InChI=1S/C14H20N4OS2/c1-15-8-9-5-4-6-18(9)13(19)11-7-10-12(20-11)16-14(21-10)17(2)3/h7,9,15H,4-6,8H2,1-3H3. The van der Waals surface area contributed by atoms with Gasteiger partial charge in [-0.3, -0.25) is 4.79 Å². The molecule has 0 saturated carbocycles. The first-order valence-corrected chi connectivity index (χ1v) is 8.76. The van der Waals surface area contributed by atoms with E-state index in [0.29, 0.717) is 6.04 Å². The molecule has 0 radical (unpaired) electrons. The summed E-state index contributed by atoms with van der Waals surface area (Å²) in [6.07, 6.45) is 2.19. The smallest absolute Gasteiger partial charge is 0.264 e. The molecule has 1 aliphatic rings. The zero-order valence-electron chi connectivity index (χ0n) is 12.5. The molecule has 2 aromatic heterocycles. The molecular weight excluding hydrogens is 304 g/mol. The van der Waals surface area contributed by atoms with E-state index in [1.165, 1.54) is 11.3 Å². The van der Waals surface area contributed by atoms with Crippen LogP contribution < -0.4 is 10.2 Å². The quantitative estimate of drug-likeness (QED) is 0.937. The number of hydrogen-bond donors (Lipinski definition) is 1. The normalized spacial score (nSPS) is 18.6. The third-order valence-electron chi connectivity index (χ3n) is 3.75. The van der Waals surface area contributed by atoms with Gasteiger partial charge >= 0.3 is 0 Å². The maximum atomic E-state index is 12.7. The number of rotatable bonds is 4. The molecule has 7 heteroatoms. The van der Waals surface area contributed by atoms with Gasteiger partial charge in [0.25, 0.3) is 5.91 Å². The zero-order valence-corrected chi connectivity index (χ0v) is 14.2. The molecule has 3 heterocycles. The third kappa shape index (κ3) is 2.77. The van der Waals surface area contributed by atoms with Gasteiger partial charge in [-0.1, -0.05) is 11.3 Å². The highest BCUT2D eigenvalue weighted by Crippen LogP contribution is 2.35. The van der Waals surface area contributed by atoms with Gasteiger partial charge in [0, 0.05) is 33.2 Å². The lowest BCUT2D eigenvalue weighted by Gasteiger charge is -2.23. The van der Waals surface area contributed by atoms with Gasteiger partial charge in [0.1, 0.15) is 4.83 Å². The Kier molecular flexibility index (Phi) is 4.14. The van der Waals surface area contributed by atoms with E-state index in [2.05, 4.69) is 10.3 Å². The van der Waals surface area contributed by atoms with E-state index < -0.39 is 0 Å². The number of amides is 1. The Hall–Kier alpha value is -1.18. The van der Waals surface area contributed by atoms with Crippen molar-refractivity contribution in [3.05, 3.63) is 10.9 Å². The lowest BCUT2D eigenvalue weighted by molar-refractivity contribution is 0.0742. The second kappa shape index (κ2) is 5.90. The minimum atomic E-state index is 0.161. The lowest BCUT2D eigenvalue weighted by atomic mass is 10.2. The summed E-state index contributed by atoms with van der Waals surface area (Å²) in [7, 11) is 5.91. The van der Waals surface area contributed by atoms with Gasteiger partial charge < -0.3 is 15.1 Å². The Labute approximate surface area is 132 Å². The Morgan fingerprint density at radius 2 is 2.33 bits per heavy atom. The number of aromatic nitrogens is 1. The molecule has 1 aliphatic heterocycles. The third-order valence-corrected chi connectivity index (χ3v) is 6.07. The molecule has 1 saturated heterocycles. The van der Waals surface area contributed by atoms with Crippen molar-refractivity contribution in [2.24, 2.45) is 0 Å². The van der Waals surface area contributed by atoms with Gasteiger partial charge in [0.2, 0.25) is 0 Å². The summed E-state index contributed by atoms with van der Waals surface area (Å²) in [5, 5.41) is 4.17. The number of thiophene rings is 1. The largest absolute Gasteiger partial charge is 0.354 e. The Morgan fingerprint density at radius 3 is 3.00 bits per heavy atom. The first-order chi connectivity index (χ1) is 10.1. The van der Waals surface area contributed by atoms with Gasteiger partial charge in [0.15, 0.2) is 5.13 Å². The molecular formula is C14H20N4OS2. The maximum Gasteiger partial charge on any atom is 0.264 e. The number of likely N-dealkylation sites (N-methyl/N-ethyl adjacent to an activating group) is 1. The fourth-order valence-corrected chi connectivity index (χ4v) is 4.80. The minimum Gasteiger partial charge on any atom is -0.354 e. The van der Waals surface area contributed by atoms with Crippen molar-refractivity contribution < 1.29 is 4.79 Å². The van der Waals surface area contributed by atoms with Crippen molar-refractivity contribution in [1.29, 1.82) is 0 Å². The Balaban J connectivity index is 1.82. The first-order valence-electron chi connectivity index (χ1n) is 7.13. The van der Waals surface area contributed by atoms with Crippen LogP contribution >= 0.6 is 22.7 Å². The van der Waals surface area contributed by atoms with Gasteiger partial charge in [-0.15, -0.1) is 11.3 Å². The number of nitrogens with zero attached hydrogens (tertiary/aromatic N) is 3.